The van der Waals surface area contributed by atoms with Crippen molar-refractivity contribution >= 4 is 22.9 Å². The first kappa shape index (κ1) is 18.9. The van der Waals surface area contributed by atoms with Crippen molar-refractivity contribution < 1.29 is 18.8 Å². The molecule has 1 aliphatic heterocycles. The Bertz CT molecular complexity index is 789. The summed E-state index contributed by atoms with van der Waals surface area (Å²) >= 11 is 0. The second kappa shape index (κ2) is 7.65. The van der Waals surface area contributed by atoms with Gasteiger partial charge in [-0.15, -0.1) is 0 Å². The lowest BCUT2D eigenvalue weighted by Crippen LogP contribution is -2.25. The van der Waals surface area contributed by atoms with Gasteiger partial charge in [-0.2, -0.15) is 0 Å². The molecular formula is C18H22N2O4S. The topological polar surface area (TPSA) is 88.0 Å². The van der Waals surface area contributed by atoms with Gasteiger partial charge in [0.05, 0.1) is 24.1 Å². The van der Waals surface area contributed by atoms with Crippen molar-refractivity contribution in [2.24, 2.45) is 10.4 Å². The highest BCUT2D eigenvalue weighted by molar-refractivity contribution is 7.83. The first-order valence-corrected chi connectivity index (χ1v) is 8.90. The van der Waals surface area contributed by atoms with Crippen molar-refractivity contribution in [3.8, 4) is 0 Å². The largest absolute Gasteiger partial charge is 0.480 e. The molecule has 7 heteroatoms. The molecule has 0 spiro atoms. The standard InChI is InChI=1S/C18H22N2O4S/c1-18(2,3)13-8-9-19-16(24-4)15(11-13)20-25(23)14-7-5-6-12(10-14)17(21)22/h5-8,10-11,20H,9H2,1-4H3,(H,21,22). The quantitative estimate of drug-likeness (QED) is 0.862. The summed E-state index contributed by atoms with van der Waals surface area (Å²) in [6.07, 6.45) is 3.87. The van der Waals surface area contributed by atoms with Crippen LogP contribution < -0.4 is 4.72 Å². The minimum atomic E-state index is -1.65. The number of carbonyl (C=O) groups is 1. The second-order valence-electron chi connectivity index (χ2n) is 6.52. The van der Waals surface area contributed by atoms with Crippen molar-refractivity contribution in [2.75, 3.05) is 13.7 Å². The Morgan fingerprint density at radius 3 is 2.68 bits per heavy atom. The van der Waals surface area contributed by atoms with Gasteiger partial charge in [-0.25, -0.2) is 14.0 Å². The zero-order valence-corrected chi connectivity index (χ0v) is 15.5. The van der Waals surface area contributed by atoms with Crippen LogP contribution in [0.3, 0.4) is 0 Å². The van der Waals surface area contributed by atoms with Gasteiger partial charge in [0, 0.05) is 0 Å². The van der Waals surface area contributed by atoms with Crippen LogP contribution in [0.15, 0.2) is 57.6 Å². The smallest absolute Gasteiger partial charge is 0.335 e. The maximum Gasteiger partial charge on any atom is 0.335 e. The number of nitrogens with zero attached hydrogens (tertiary/aromatic N) is 1. The maximum absolute atomic E-state index is 12.7. The summed E-state index contributed by atoms with van der Waals surface area (Å²) in [5.74, 6) is -0.706. The zero-order valence-electron chi connectivity index (χ0n) is 14.7. The van der Waals surface area contributed by atoms with Crippen LogP contribution in [0, 0.1) is 5.41 Å². The van der Waals surface area contributed by atoms with Crippen LogP contribution in [-0.2, 0) is 15.7 Å². The molecule has 0 radical (unpaired) electrons. The predicted octanol–water partition coefficient (Wildman–Crippen LogP) is 2.91. The minimum absolute atomic E-state index is 0.0819. The van der Waals surface area contributed by atoms with E-state index in [2.05, 4.69) is 30.5 Å². The van der Waals surface area contributed by atoms with E-state index in [0.29, 0.717) is 23.0 Å². The zero-order chi connectivity index (χ0) is 18.6. The van der Waals surface area contributed by atoms with Gasteiger partial charge < -0.3 is 9.84 Å². The van der Waals surface area contributed by atoms with Gasteiger partial charge in [0.25, 0.3) is 0 Å². The highest BCUT2D eigenvalue weighted by atomic mass is 32.2. The average molecular weight is 362 g/mol. The normalized spacial score (nSPS) is 16.1. The summed E-state index contributed by atoms with van der Waals surface area (Å²) in [6, 6.07) is 6.01. The Balaban J connectivity index is 2.33. The van der Waals surface area contributed by atoms with E-state index in [1.165, 1.54) is 19.2 Å². The van der Waals surface area contributed by atoms with Crippen LogP contribution in [0.5, 0.6) is 0 Å². The summed E-state index contributed by atoms with van der Waals surface area (Å²) in [6.45, 7) is 6.72. The van der Waals surface area contributed by atoms with E-state index in [4.69, 9.17) is 9.84 Å². The summed E-state index contributed by atoms with van der Waals surface area (Å²) in [5, 5.41) is 9.08. The molecule has 0 aliphatic carbocycles. The van der Waals surface area contributed by atoms with E-state index in [1.54, 1.807) is 12.1 Å². The predicted molar refractivity (Wildman–Crippen MR) is 97.9 cm³/mol. The lowest BCUT2D eigenvalue weighted by Gasteiger charge is -2.21. The summed E-state index contributed by atoms with van der Waals surface area (Å²) < 4.78 is 20.8. The number of nitrogens with one attached hydrogen (secondary N) is 1. The van der Waals surface area contributed by atoms with Crippen molar-refractivity contribution in [3.05, 3.63) is 53.3 Å². The molecule has 134 valence electrons. The number of allylic oxidation sites excluding steroid dienone is 2. The highest BCUT2D eigenvalue weighted by Gasteiger charge is 2.21. The second-order valence-corrected chi connectivity index (χ2v) is 7.73. The van der Waals surface area contributed by atoms with Crippen LogP contribution in [0.2, 0.25) is 0 Å². The van der Waals surface area contributed by atoms with E-state index in [-0.39, 0.29) is 11.0 Å². The molecule has 1 atom stereocenters. The summed E-state index contributed by atoms with van der Waals surface area (Å²) in [7, 11) is -0.145. The van der Waals surface area contributed by atoms with Gasteiger partial charge >= 0.3 is 5.97 Å². The molecule has 2 N–H and O–H groups in total. The fourth-order valence-corrected chi connectivity index (χ4v) is 3.16. The fourth-order valence-electron chi connectivity index (χ4n) is 2.26. The third kappa shape index (κ3) is 4.79. The Kier molecular flexibility index (Phi) is 5.79. The Morgan fingerprint density at radius 1 is 1.36 bits per heavy atom. The number of methoxy groups -OCH3 is 1. The Morgan fingerprint density at radius 2 is 2.08 bits per heavy atom. The Labute approximate surface area is 149 Å². The van der Waals surface area contributed by atoms with E-state index in [0.717, 1.165) is 5.57 Å². The van der Waals surface area contributed by atoms with Crippen LogP contribution in [0.1, 0.15) is 31.1 Å². The first-order chi connectivity index (χ1) is 11.7. The molecule has 0 amide bonds. The molecule has 0 aromatic heterocycles. The summed E-state index contributed by atoms with van der Waals surface area (Å²) in [5.41, 5.74) is 1.52. The number of ether oxygens (including phenoxy) is 1. The number of hydrogen-bond donors (Lipinski definition) is 2. The Hall–Kier alpha value is -2.41. The van der Waals surface area contributed by atoms with Crippen LogP contribution in [-0.4, -0.2) is 34.8 Å². The highest BCUT2D eigenvalue weighted by Crippen LogP contribution is 2.28. The molecule has 1 heterocycles. The van der Waals surface area contributed by atoms with Crippen molar-refractivity contribution in [1.29, 1.82) is 0 Å². The van der Waals surface area contributed by atoms with Gasteiger partial charge in [0.2, 0.25) is 5.90 Å². The number of hydrogen-bond acceptors (Lipinski definition) is 4. The third-order valence-corrected chi connectivity index (χ3v) is 4.72. The molecule has 1 aromatic carbocycles. The lowest BCUT2D eigenvalue weighted by atomic mass is 9.86. The van der Waals surface area contributed by atoms with Crippen molar-refractivity contribution in [2.45, 2.75) is 25.7 Å². The molecule has 1 aromatic rings. The number of rotatable bonds is 4. The van der Waals surface area contributed by atoms with Crippen LogP contribution in [0.25, 0.3) is 0 Å². The molecule has 1 aliphatic rings. The van der Waals surface area contributed by atoms with Crippen molar-refractivity contribution in [1.82, 2.24) is 4.72 Å². The van der Waals surface area contributed by atoms with Crippen LogP contribution in [0.4, 0.5) is 0 Å². The van der Waals surface area contributed by atoms with E-state index in [9.17, 15) is 9.00 Å². The van der Waals surface area contributed by atoms with Gasteiger partial charge in [-0.3, -0.25) is 4.72 Å². The van der Waals surface area contributed by atoms with Gasteiger partial charge in [-0.1, -0.05) is 32.9 Å². The lowest BCUT2D eigenvalue weighted by molar-refractivity contribution is 0.0696. The van der Waals surface area contributed by atoms with Gasteiger partial charge in [0.1, 0.15) is 16.7 Å². The van der Waals surface area contributed by atoms with Gasteiger partial charge in [-0.05, 0) is 35.3 Å². The molecular weight excluding hydrogens is 340 g/mol. The fraction of sp³-hybridized carbons (Fsp3) is 0.333. The maximum atomic E-state index is 12.7. The number of carboxylic acid groups (broad SMARTS) is 1. The number of benzene rings is 1. The minimum Gasteiger partial charge on any atom is -0.480 e. The molecule has 25 heavy (non-hydrogen) atoms. The molecule has 0 bridgehead atoms. The number of aromatic carboxylic acids is 1. The van der Waals surface area contributed by atoms with Crippen LogP contribution >= 0.6 is 0 Å². The average Bonchev–Trinajstić information content (AvgIpc) is 2.76. The number of aliphatic imine (C=N–C) groups is 1. The molecule has 2 rings (SSSR count). The molecule has 0 saturated carbocycles. The summed E-state index contributed by atoms with van der Waals surface area (Å²) in [4.78, 5) is 15.8. The molecule has 1 unspecified atom stereocenters. The SMILES string of the molecule is COC1=NCC=C(C(C)(C)C)C=C1NS(=O)c1cccc(C(=O)O)c1. The van der Waals surface area contributed by atoms with E-state index >= 15 is 0 Å². The molecule has 0 saturated heterocycles. The first-order valence-electron chi connectivity index (χ1n) is 7.75. The van der Waals surface area contributed by atoms with Crippen molar-refractivity contribution in [3.63, 3.8) is 0 Å². The molecule has 6 nitrogen and oxygen atoms in total. The third-order valence-electron chi connectivity index (χ3n) is 3.63. The van der Waals surface area contributed by atoms with E-state index < -0.39 is 17.0 Å². The van der Waals surface area contributed by atoms with Gasteiger partial charge in [0.15, 0.2) is 0 Å². The monoisotopic (exact) mass is 362 g/mol. The number of carboxylic acids is 1. The molecule has 0 fully saturated rings. The van der Waals surface area contributed by atoms with E-state index in [1.807, 2.05) is 12.2 Å².